The lowest BCUT2D eigenvalue weighted by Gasteiger charge is -2.42. The fourth-order valence-electron chi connectivity index (χ4n) is 2.88. The van der Waals surface area contributed by atoms with Crippen molar-refractivity contribution in [2.45, 2.75) is 38.6 Å². The van der Waals surface area contributed by atoms with E-state index < -0.39 is 0 Å². The number of rotatable bonds is 9. The van der Waals surface area contributed by atoms with E-state index in [1.165, 1.54) is 19.3 Å². The summed E-state index contributed by atoms with van der Waals surface area (Å²) in [5, 5.41) is 11.1. The topological polar surface area (TPSA) is 63.5 Å². The molecule has 0 amide bonds. The Morgan fingerprint density at radius 1 is 1.39 bits per heavy atom. The highest BCUT2D eigenvalue weighted by Gasteiger charge is 2.36. The molecular weight excluding hydrogens is 405 g/mol. The molecule has 23 heavy (non-hydrogen) atoms. The number of nitrogens with one attached hydrogen (secondary N) is 2. The molecule has 0 aliphatic heterocycles. The van der Waals surface area contributed by atoms with E-state index in [0.717, 1.165) is 45.0 Å². The van der Waals surface area contributed by atoms with Gasteiger partial charge in [0.2, 0.25) is 0 Å². The molecule has 0 atom stereocenters. The van der Waals surface area contributed by atoms with Crippen LogP contribution in [0.2, 0.25) is 0 Å². The molecule has 132 valence electrons. The van der Waals surface area contributed by atoms with Gasteiger partial charge in [-0.3, -0.25) is 9.67 Å². The van der Waals surface area contributed by atoms with Crippen molar-refractivity contribution in [1.82, 2.24) is 20.4 Å². The quantitative estimate of drug-likeness (QED) is 0.270. The molecule has 1 fully saturated rings. The Bertz CT molecular complexity index is 445. The summed E-state index contributed by atoms with van der Waals surface area (Å²) >= 11 is 0. The maximum absolute atomic E-state index is 5.24. The van der Waals surface area contributed by atoms with Gasteiger partial charge < -0.3 is 15.4 Å². The second kappa shape index (κ2) is 10.9. The van der Waals surface area contributed by atoms with Crippen molar-refractivity contribution in [1.29, 1.82) is 0 Å². The minimum absolute atomic E-state index is 0. The SMILES string of the molecule is CN=C(NCCCn1cccn1)NCC1(CCOC)CCC1.I. The number of methoxy groups -OCH3 is 1. The number of guanidine groups is 1. The van der Waals surface area contributed by atoms with Gasteiger partial charge in [0.05, 0.1) is 0 Å². The van der Waals surface area contributed by atoms with Gasteiger partial charge in [-0.05, 0) is 37.2 Å². The van der Waals surface area contributed by atoms with Crippen LogP contribution in [0.1, 0.15) is 32.1 Å². The average molecular weight is 435 g/mol. The molecule has 1 aliphatic carbocycles. The first-order valence-electron chi connectivity index (χ1n) is 8.19. The number of aromatic nitrogens is 2. The molecule has 0 unspecified atom stereocenters. The molecule has 1 heterocycles. The summed E-state index contributed by atoms with van der Waals surface area (Å²) in [5.74, 6) is 0.893. The summed E-state index contributed by atoms with van der Waals surface area (Å²) in [6.45, 7) is 3.64. The van der Waals surface area contributed by atoms with Crippen LogP contribution in [0.4, 0.5) is 0 Å². The number of ether oxygens (including phenoxy) is 1. The molecule has 0 radical (unpaired) electrons. The zero-order valence-corrected chi connectivity index (χ0v) is 16.6. The summed E-state index contributed by atoms with van der Waals surface area (Å²) in [6, 6.07) is 1.95. The average Bonchev–Trinajstić information content (AvgIpc) is 3.01. The second-order valence-electron chi connectivity index (χ2n) is 6.07. The summed E-state index contributed by atoms with van der Waals surface area (Å²) in [4.78, 5) is 4.31. The normalized spacial score (nSPS) is 16.3. The zero-order valence-electron chi connectivity index (χ0n) is 14.3. The number of aryl methyl sites for hydroxylation is 1. The highest BCUT2D eigenvalue weighted by molar-refractivity contribution is 14.0. The summed E-state index contributed by atoms with van der Waals surface area (Å²) in [6.07, 6.45) is 9.87. The second-order valence-corrected chi connectivity index (χ2v) is 6.07. The monoisotopic (exact) mass is 435 g/mol. The van der Waals surface area contributed by atoms with Crippen molar-refractivity contribution in [2.75, 3.05) is 33.9 Å². The van der Waals surface area contributed by atoms with E-state index in [9.17, 15) is 0 Å². The van der Waals surface area contributed by atoms with E-state index >= 15 is 0 Å². The standard InChI is InChI=1S/C16H29N5O.HI/c1-17-15(18-9-4-11-21-12-5-10-20-21)19-14-16(6-3-7-16)8-13-22-2;/h5,10,12H,3-4,6-9,11,13-14H2,1-2H3,(H2,17,18,19);1H. The van der Waals surface area contributed by atoms with Gasteiger partial charge in [0.15, 0.2) is 5.96 Å². The van der Waals surface area contributed by atoms with Crippen molar-refractivity contribution in [3.63, 3.8) is 0 Å². The summed E-state index contributed by atoms with van der Waals surface area (Å²) in [7, 11) is 3.60. The van der Waals surface area contributed by atoms with Crippen LogP contribution in [0.5, 0.6) is 0 Å². The first kappa shape index (κ1) is 20.2. The molecule has 0 saturated heterocycles. The van der Waals surface area contributed by atoms with E-state index in [1.54, 1.807) is 7.11 Å². The smallest absolute Gasteiger partial charge is 0.190 e. The first-order valence-corrected chi connectivity index (χ1v) is 8.19. The van der Waals surface area contributed by atoms with Crippen molar-refractivity contribution in [3.8, 4) is 0 Å². The third kappa shape index (κ3) is 6.66. The van der Waals surface area contributed by atoms with Gasteiger partial charge in [0.25, 0.3) is 0 Å². The molecule has 2 N–H and O–H groups in total. The lowest BCUT2D eigenvalue weighted by Crippen LogP contribution is -2.47. The van der Waals surface area contributed by atoms with Crippen LogP contribution in [0, 0.1) is 5.41 Å². The number of hydrogen-bond acceptors (Lipinski definition) is 3. The zero-order chi connectivity index (χ0) is 15.7. The molecule has 2 rings (SSSR count). The van der Waals surface area contributed by atoms with E-state index in [1.807, 2.05) is 30.2 Å². The van der Waals surface area contributed by atoms with Crippen molar-refractivity contribution >= 4 is 29.9 Å². The number of halogens is 1. The van der Waals surface area contributed by atoms with Crippen LogP contribution in [0.15, 0.2) is 23.5 Å². The first-order chi connectivity index (χ1) is 10.8. The van der Waals surface area contributed by atoms with Gasteiger partial charge in [-0.1, -0.05) is 6.42 Å². The number of hydrogen-bond donors (Lipinski definition) is 2. The predicted octanol–water partition coefficient (Wildman–Crippen LogP) is 2.26. The van der Waals surface area contributed by atoms with Crippen LogP contribution in [0.25, 0.3) is 0 Å². The van der Waals surface area contributed by atoms with E-state index in [2.05, 4.69) is 20.7 Å². The van der Waals surface area contributed by atoms with Crippen LogP contribution in [0.3, 0.4) is 0 Å². The van der Waals surface area contributed by atoms with Gasteiger partial charge in [-0.2, -0.15) is 5.10 Å². The van der Waals surface area contributed by atoms with Gasteiger partial charge in [-0.15, -0.1) is 24.0 Å². The fraction of sp³-hybridized carbons (Fsp3) is 0.750. The molecule has 0 spiro atoms. The van der Waals surface area contributed by atoms with Gasteiger partial charge in [0, 0.05) is 52.8 Å². The molecule has 7 heteroatoms. The third-order valence-corrected chi connectivity index (χ3v) is 4.52. The Balaban J connectivity index is 0.00000264. The molecule has 1 aliphatic rings. The Hall–Kier alpha value is -0.830. The third-order valence-electron chi connectivity index (χ3n) is 4.52. The van der Waals surface area contributed by atoms with Crippen molar-refractivity contribution < 1.29 is 4.74 Å². The van der Waals surface area contributed by atoms with Crippen LogP contribution < -0.4 is 10.6 Å². The Morgan fingerprint density at radius 2 is 2.22 bits per heavy atom. The Labute approximate surface area is 156 Å². The molecule has 1 aromatic rings. The largest absolute Gasteiger partial charge is 0.385 e. The highest BCUT2D eigenvalue weighted by atomic mass is 127. The van der Waals surface area contributed by atoms with Crippen molar-refractivity contribution in [3.05, 3.63) is 18.5 Å². The molecule has 0 aromatic carbocycles. The van der Waals surface area contributed by atoms with E-state index in [4.69, 9.17) is 4.74 Å². The molecular formula is C16H30IN5O. The fourth-order valence-corrected chi connectivity index (χ4v) is 2.88. The number of aliphatic imine (C=N–C) groups is 1. The minimum atomic E-state index is 0. The molecule has 6 nitrogen and oxygen atoms in total. The minimum Gasteiger partial charge on any atom is -0.385 e. The van der Waals surface area contributed by atoms with Gasteiger partial charge in [-0.25, -0.2) is 0 Å². The Kier molecular flexibility index (Phi) is 9.54. The van der Waals surface area contributed by atoms with E-state index in [0.29, 0.717) is 5.41 Å². The lowest BCUT2D eigenvalue weighted by atomic mass is 9.67. The molecule has 1 saturated carbocycles. The molecule has 1 aromatic heterocycles. The van der Waals surface area contributed by atoms with Crippen LogP contribution >= 0.6 is 24.0 Å². The van der Waals surface area contributed by atoms with Gasteiger partial charge >= 0.3 is 0 Å². The summed E-state index contributed by atoms with van der Waals surface area (Å²) in [5.41, 5.74) is 0.405. The van der Waals surface area contributed by atoms with Crippen LogP contribution in [-0.2, 0) is 11.3 Å². The summed E-state index contributed by atoms with van der Waals surface area (Å²) < 4.78 is 7.19. The van der Waals surface area contributed by atoms with E-state index in [-0.39, 0.29) is 24.0 Å². The maximum atomic E-state index is 5.24. The lowest BCUT2D eigenvalue weighted by molar-refractivity contribution is 0.0732. The van der Waals surface area contributed by atoms with Gasteiger partial charge in [0.1, 0.15) is 0 Å². The Morgan fingerprint density at radius 3 is 2.78 bits per heavy atom. The maximum Gasteiger partial charge on any atom is 0.190 e. The number of nitrogens with zero attached hydrogens (tertiary/aromatic N) is 3. The van der Waals surface area contributed by atoms with Crippen molar-refractivity contribution in [2.24, 2.45) is 10.4 Å². The highest BCUT2D eigenvalue weighted by Crippen LogP contribution is 2.43. The van der Waals surface area contributed by atoms with Crippen LogP contribution in [-0.4, -0.2) is 49.6 Å². The predicted molar refractivity (Wildman–Crippen MR) is 104 cm³/mol. The molecule has 0 bridgehead atoms.